The van der Waals surface area contributed by atoms with Crippen LogP contribution < -0.4 is 0 Å². The lowest BCUT2D eigenvalue weighted by Crippen LogP contribution is -2.43. The SMILES string of the molecule is CC1CN(Cc2ccccc2)CCCN1C(=O)C1=CCS(=O)(=O)C1. The van der Waals surface area contributed by atoms with Crippen molar-refractivity contribution in [1.82, 2.24) is 9.80 Å². The van der Waals surface area contributed by atoms with Crippen LogP contribution in [0.3, 0.4) is 0 Å². The molecule has 1 unspecified atom stereocenters. The number of hydrogen-bond acceptors (Lipinski definition) is 4. The molecular weight excluding hydrogens is 324 g/mol. The number of hydrogen-bond donors (Lipinski definition) is 0. The Labute approximate surface area is 143 Å². The summed E-state index contributed by atoms with van der Waals surface area (Å²) < 4.78 is 23.2. The first kappa shape index (κ1) is 17.2. The molecule has 1 saturated heterocycles. The van der Waals surface area contributed by atoms with Crippen LogP contribution in [-0.4, -0.2) is 61.3 Å². The molecular formula is C18H24N2O3S. The number of carbonyl (C=O) groups excluding carboxylic acids is 1. The van der Waals surface area contributed by atoms with Gasteiger partial charge in [-0.1, -0.05) is 36.4 Å². The first-order chi connectivity index (χ1) is 11.4. The van der Waals surface area contributed by atoms with Gasteiger partial charge in [-0.2, -0.15) is 0 Å². The zero-order valence-corrected chi connectivity index (χ0v) is 14.8. The van der Waals surface area contributed by atoms with Crippen molar-refractivity contribution >= 4 is 15.7 Å². The molecule has 1 atom stereocenters. The maximum Gasteiger partial charge on any atom is 0.250 e. The maximum atomic E-state index is 12.7. The second kappa shape index (κ2) is 7.07. The van der Waals surface area contributed by atoms with E-state index in [9.17, 15) is 13.2 Å². The van der Waals surface area contributed by atoms with Gasteiger partial charge >= 0.3 is 0 Å². The van der Waals surface area contributed by atoms with Crippen molar-refractivity contribution in [3.05, 3.63) is 47.5 Å². The average Bonchev–Trinajstić information content (AvgIpc) is 2.81. The second-order valence-electron chi connectivity index (χ2n) is 6.71. The third kappa shape index (κ3) is 4.05. The van der Waals surface area contributed by atoms with E-state index in [2.05, 4.69) is 17.0 Å². The Hall–Kier alpha value is -1.66. The van der Waals surface area contributed by atoms with Crippen molar-refractivity contribution in [1.29, 1.82) is 0 Å². The third-order valence-electron chi connectivity index (χ3n) is 4.67. The summed E-state index contributed by atoms with van der Waals surface area (Å²) >= 11 is 0. The molecule has 2 heterocycles. The molecule has 130 valence electrons. The quantitative estimate of drug-likeness (QED) is 0.830. The molecule has 0 aromatic heterocycles. The van der Waals surface area contributed by atoms with Crippen molar-refractivity contribution < 1.29 is 13.2 Å². The van der Waals surface area contributed by atoms with E-state index in [0.29, 0.717) is 12.1 Å². The Bertz CT molecular complexity index is 728. The number of amides is 1. The molecule has 1 amide bonds. The Morgan fingerprint density at radius 2 is 1.96 bits per heavy atom. The predicted octanol–water partition coefficient (Wildman–Crippen LogP) is 1.46. The van der Waals surface area contributed by atoms with Gasteiger partial charge in [0, 0.05) is 37.8 Å². The van der Waals surface area contributed by atoms with Gasteiger partial charge in [-0.25, -0.2) is 8.42 Å². The molecule has 1 aromatic rings. The lowest BCUT2D eigenvalue weighted by atomic mass is 10.2. The second-order valence-corrected chi connectivity index (χ2v) is 8.81. The summed E-state index contributed by atoms with van der Waals surface area (Å²) in [5.41, 5.74) is 1.72. The number of benzene rings is 1. The van der Waals surface area contributed by atoms with Crippen LogP contribution in [0, 0.1) is 0 Å². The monoisotopic (exact) mass is 348 g/mol. The van der Waals surface area contributed by atoms with E-state index in [1.165, 1.54) is 5.56 Å². The van der Waals surface area contributed by atoms with Crippen LogP contribution in [0.15, 0.2) is 42.0 Å². The Kier molecular flexibility index (Phi) is 5.06. The van der Waals surface area contributed by atoms with Crippen molar-refractivity contribution in [2.75, 3.05) is 31.1 Å². The minimum atomic E-state index is -3.11. The van der Waals surface area contributed by atoms with Crippen LogP contribution in [0.2, 0.25) is 0 Å². The largest absolute Gasteiger partial charge is 0.335 e. The zero-order chi connectivity index (χ0) is 17.2. The van der Waals surface area contributed by atoms with Crippen molar-refractivity contribution in [2.45, 2.75) is 25.9 Å². The standard InChI is InChI=1S/C18H24N2O3S/c1-15-12-19(13-16-6-3-2-4-7-16)9-5-10-20(15)18(21)17-8-11-24(22,23)14-17/h2-4,6-8,15H,5,9-14H2,1H3. The molecule has 2 aliphatic heterocycles. The molecule has 6 heteroatoms. The third-order valence-corrected chi connectivity index (χ3v) is 6.10. The van der Waals surface area contributed by atoms with Crippen LogP contribution in [0.5, 0.6) is 0 Å². The Balaban J connectivity index is 1.64. The fraction of sp³-hybridized carbons (Fsp3) is 0.500. The van der Waals surface area contributed by atoms with Crippen LogP contribution >= 0.6 is 0 Å². The summed E-state index contributed by atoms with van der Waals surface area (Å²) in [7, 11) is -3.11. The number of sulfone groups is 1. The fourth-order valence-corrected chi connectivity index (χ4v) is 4.74. The number of nitrogens with zero attached hydrogens (tertiary/aromatic N) is 2. The Morgan fingerprint density at radius 3 is 2.62 bits per heavy atom. The summed E-state index contributed by atoms with van der Waals surface area (Å²) in [4.78, 5) is 16.9. The molecule has 1 aromatic carbocycles. The molecule has 5 nitrogen and oxygen atoms in total. The van der Waals surface area contributed by atoms with E-state index in [1.54, 1.807) is 6.08 Å². The van der Waals surface area contributed by atoms with Gasteiger partial charge in [-0.05, 0) is 18.9 Å². The van der Waals surface area contributed by atoms with Crippen LogP contribution in [0.4, 0.5) is 0 Å². The summed E-state index contributed by atoms with van der Waals surface area (Å²) in [6, 6.07) is 10.4. The summed E-state index contributed by atoms with van der Waals surface area (Å²) in [6.07, 6.45) is 2.49. The normalized spacial score (nSPS) is 24.5. The zero-order valence-electron chi connectivity index (χ0n) is 14.0. The highest BCUT2D eigenvalue weighted by atomic mass is 32.2. The molecule has 3 rings (SSSR count). The smallest absolute Gasteiger partial charge is 0.250 e. The highest BCUT2D eigenvalue weighted by molar-refractivity contribution is 7.92. The van der Waals surface area contributed by atoms with Crippen molar-refractivity contribution in [3.63, 3.8) is 0 Å². The molecule has 0 bridgehead atoms. The van der Waals surface area contributed by atoms with E-state index in [1.807, 2.05) is 30.0 Å². The molecule has 0 saturated carbocycles. The van der Waals surface area contributed by atoms with E-state index < -0.39 is 9.84 Å². The first-order valence-corrected chi connectivity index (χ1v) is 10.2. The number of carbonyl (C=O) groups is 1. The van der Waals surface area contributed by atoms with Crippen LogP contribution in [0.25, 0.3) is 0 Å². The lowest BCUT2D eigenvalue weighted by molar-refractivity contribution is -0.128. The topological polar surface area (TPSA) is 57.7 Å². The van der Waals surface area contributed by atoms with Crippen molar-refractivity contribution in [3.8, 4) is 0 Å². The van der Waals surface area contributed by atoms with Gasteiger partial charge in [0.1, 0.15) is 0 Å². The van der Waals surface area contributed by atoms with E-state index in [0.717, 1.165) is 26.1 Å². The predicted molar refractivity (Wildman–Crippen MR) is 94.2 cm³/mol. The Morgan fingerprint density at radius 1 is 1.21 bits per heavy atom. The van der Waals surface area contributed by atoms with Crippen LogP contribution in [-0.2, 0) is 21.2 Å². The molecule has 0 spiro atoms. The summed E-state index contributed by atoms with van der Waals surface area (Å²) in [5, 5.41) is 0. The molecule has 1 fully saturated rings. The minimum Gasteiger partial charge on any atom is -0.335 e. The van der Waals surface area contributed by atoms with Gasteiger partial charge in [-0.3, -0.25) is 9.69 Å². The minimum absolute atomic E-state index is 0.00355. The van der Waals surface area contributed by atoms with Gasteiger partial charge in [-0.15, -0.1) is 0 Å². The molecule has 0 radical (unpaired) electrons. The van der Waals surface area contributed by atoms with E-state index in [-0.39, 0.29) is 23.5 Å². The average molecular weight is 348 g/mol. The highest BCUT2D eigenvalue weighted by Crippen LogP contribution is 2.19. The van der Waals surface area contributed by atoms with Gasteiger partial charge < -0.3 is 4.90 Å². The summed E-state index contributed by atoms with van der Waals surface area (Å²) in [6.45, 7) is 5.36. The van der Waals surface area contributed by atoms with Crippen molar-refractivity contribution in [2.24, 2.45) is 0 Å². The van der Waals surface area contributed by atoms with Gasteiger partial charge in [0.25, 0.3) is 5.91 Å². The van der Waals surface area contributed by atoms with Gasteiger partial charge in [0.2, 0.25) is 0 Å². The molecule has 2 aliphatic rings. The summed E-state index contributed by atoms with van der Waals surface area (Å²) in [5.74, 6) is -0.218. The molecule has 24 heavy (non-hydrogen) atoms. The molecule has 0 aliphatic carbocycles. The fourth-order valence-electron chi connectivity index (χ4n) is 3.45. The first-order valence-electron chi connectivity index (χ1n) is 8.41. The van der Waals surface area contributed by atoms with Gasteiger partial charge in [0.15, 0.2) is 9.84 Å². The molecule has 0 N–H and O–H groups in total. The highest BCUT2D eigenvalue weighted by Gasteiger charge is 2.31. The lowest BCUT2D eigenvalue weighted by Gasteiger charge is -2.29. The van der Waals surface area contributed by atoms with E-state index >= 15 is 0 Å². The maximum absolute atomic E-state index is 12.7. The van der Waals surface area contributed by atoms with Crippen LogP contribution in [0.1, 0.15) is 18.9 Å². The van der Waals surface area contributed by atoms with E-state index in [4.69, 9.17) is 0 Å². The van der Waals surface area contributed by atoms with Gasteiger partial charge in [0.05, 0.1) is 11.5 Å². The number of rotatable bonds is 3.